The van der Waals surface area contributed by atoms with Crippen molar-refractivity contribution in [2.24, 2.45) is 0 Å². The zero-order chi connectivity index (χ0) is 16.8. The Labute approximate surface area is 137 Å². The molecule has 7 nitrogen and oxygen atoms in total. The average Bonchev–Trinajstić information content (AvgIpc) is 2.51. The molecular formula is C15H16ClN3O4. The van der Waals surface area contributed by atoms with Crippen LogP contribution in [0.25, 0.3) is 0 Å². The van der Waals surface area contributed by atoms with Gasteiger partial charge < -0.3 is 9.64 Å². The van der Waals surface area contributed by atoms with E-state index in [1.807, 2.05) is 0 Å². The van der Waals surface area contributed by atoms with E-state index in [0.717, 1.165) is 4.57 Å². The summed E-state index contributed by atoms with van der Waals surface area (Å²) in [6, 6.07) is 8.11. The normalized spacial score (nSPS) is 10.3. The van der Waals surface area contributed by atoms with Crippen molar-refractivity contribution in [1.82, 2.24) is 14.5 Å². The molecule has 1 heterocycles. The Morgan fingerprint density at radius 3 is 2.61 bits per heavy atom. The van der Waals surface area contributed by atoms with E-state index in [4.69, 9.17) is 16.3 Å². The van der Waals surface area contributed by atoms with Crippen LogP contribution in [0.4, 0.5) is 0 Å². The van der Waals surface area contributed by atoms with Gasteiger partial charge in [0.25, 0.3) is 5.56 Å². The second-order valence-electron chi connectivity index (χ2n) is 4.86. The summed E-state index contributed by atoms with van der Waals surface area (Å²) < 4.78 is 6.64. The largest absolute Gasteiger partial charge is 0.492 e. The molecule has 0 aliphatic heterocycles. The Morgan fingerprint density at radius 2 is 1.96 bits per heavy atom. The smallest absolute Gasteiger partial charge is 0.328 e. The van der Waals surface area contributed by atoms with E-state index in [9.17, 15) is 14.4 Å². The van der Waals surface area contributed by atoms with E-state index in [-0.39, 0.29) is 12.5 Å². The molecule has 0 aliphatic rings. The number of hydrogen-bond donors (Lipinski definition) is 1. The number of halogens is 1. The highest BCUT2D eigenvalue weighted by molar-refractivity contribution is 6.30. The number of nitrogens with zero attached hydrogens (tertiary/aromatic N) is 2. The van der Waals surface area contributed by atoms with Crippen LogP contribution in [0.3, 0.4) is 0 Å². The van der Waals surface area contributed by atoms with Gasteiger partial charge in [-0.3, -0.25) is 19.1 Å². The molecule has 23 heavy (non-hydrogen) atoms. The molecule has 0 saturated heterocycles. The first-order valence-corrected chi connectivity index (χ1v) is 7.25. The topological polar surface area (TPSA) is 84.4 Å². The standard InChI is InChI=1S/C15H16ClN3O4/c1-18(8-9-23-12-4-2-11(16)3-5-12)14(21)10-19-7-6-13(20)17-15(19)22/h2-7H,8-10H2,1H3,(H,17,20,22). The minimum absolute atomic E-state index is 0.146. The third-order valence-corrected chi connectivity index (χ3v) is 3.39. The second kappa shape index (κ2) is 7.64. The van der Waals surface area contributed by atoms with E-state index in [1.165, 1.54) is 17.2 Å². The summed E-state index contributed by atoms with van der Waals surface area (Å²) in [5.74, 6) is 0.394. The molecule has 0 aliphatic carbocycles. The number of H-pyrrole nitrogens is 1. The van der Waals surface area contributed by atoms with Crippen LogP contribution in [-0.4, -0.2) is 40.6 Å². The maximum Gasteiger partial charge on any atom is 0.328 e. The molecule has 8 heteroatoms. The van der Waals surface area contributed by atoms with Gasteiger partial charge in [0, 0.05) is 24.3 Å². The zero-order valence-electron chi connectivity index (χ0n) is 12.5. The van der Waals surface area contributed by atoms with Gasteiger partial charge in [0.15, 0.2) is 0 Å². The fourth-order valence-corrected chi connectivity index (χ4v) is 1.92. The lowest BCUT2D eigenvalue weighted by molar-refractivity contribution is -0.130. The van der Waals surface area contributed by atoms with Gasteiger partial charge in [0.05, 0.1) is 6.54 Å². The molecule has 1 amide bonds. The quantitative estimate of drug-likeness (QED) is 0.842. The maximum absolute atomic E-state index is 12.0. The summed E-state index contributed by atoms with van der Waals surface area (Å²) in [5, 5.41) is 0.621. The van der Waals surface area contributed by atoms with E-state index in [0.29, 0.717) is 23.9 Å². The number of benzene rings is 1. The zero-order valence-corrected chi connectivity index (χ0v) is 13.2. The lowest BCUT2D eigenvalue weighted by Gasteiger charge is -2.18. The number of nitrogens with one attached hydrogen (secondary N) is 1. The van der Waals surface area contributed by atoms with Crippen LogP contribution in [-0.2, 0) is 11.3 Å². The molecule has 1 aromatic heterocycles. The van der Waals surface area contributed by atoms with Crippen molar-refractivity contribution in [3.8, 4) is 5.75 Å². The molecule has 0 radical (unpaired) electrons. The van der Waals surface area contributed by atoms with Crippen LogP contribution in [0.15, 0.2) is 46.1 Å². The maximum atomic E-state index is 12.0. The molecule has 0 atom stereocenters. The Morgan fingerprint density at radius 1 is 1.26 bits per heavy atom. The highest BCUT2D eigenvalue weighted by Crippen LogP contribution is 2.15. The minimum atomic E-state index is -0.614. The number of carbonyl (C=O) groups excluding carboxylic acids is 1. The van der Waals surface area contributed by atoms with Gasteiger partial charge in [-0.1, -0.05) is 11.6 Å². The highest BCUT2D eigenvalue weighted by atomic mass is 35.5. The molecule has 2 rings (SSSR count). The van der Waals surface area contributed by atoms with E-state index < -0.39 is 11.2 Å². The van der Waals surface area contributed by atoms with Crippen molar-refractivity contribution >= 4 is 17.5 Å². The Hall–Kier alpha value is -2.54. The number of aromatic amines is 1. The second-order valence-corrected chi connectivity index (χ2v) is 5.29. The average molecular weight is 338 g/mol. The fourth-order valence-electron chi connectivity index (χ4n) is 1.79. The van der Waals surface area contributed by atoms with E-state index >= 15 is 0 Å². The van der Waals surface area contributed by atoms with E-state index in [1.54, 1.807) is 31.3 Å². The number of hydrogen-bond acceptors (Lipinski definition) is 4. The Bertz CT molecular complexity index is 782. The van der Waals surface area contributed by atoms with Gasteiger partial charge >= 0.3 is 5.69 Å². The molecule has 0 fully saturated rings. The Balaban J connectivity index is 1.84. The molecule has 0 saturated carbocycles. The monoisotopic (exact) mass is 337 g/mol. The number of amides is 1. The van der Waals surface area contributed by atoms with Crippen molar-refractivity contribution in [2.45, 2.75) is 6.54 Å². The molecular weight excluding hydrogens is 322 g/mol. The SMILES string of the molecule is CN(CCOc1ccc(Cl)cc1)C(=O)Cn1ccc(=O)[nH]c1=O. The highest BCUT2D eigenvalue weighted by Gasteiger charge is 2.10. The lowest BCUT2D eigenvalue weighted by atomic mass is 10.3. The number of carbonyl (C=O) groups is 1. The lowest BCUT2D eigenvalue weighted by Crippen LogP contribution is -2.37. The van der Waals surface area contributed by atoms with Gasteiger partial charge in [-0.25, -0.2) is 4.79 Å². The van der Waals surface area contributed by atoms with Crippen LogP contribution in [0.5, 0.6) is 5.75 Å². The van der Waals surface area contributed by atoms with Crippen LogP contribution < -0.4 is 16.0 Å². The third-order valence-electron chi connectivity index (χ3n) is 3.14. The first-order chi connectivity index (χ1) is 11.0. The minimum Gasteiger partial charge on any atom is -0.492 e. The van der Waals surface area contributed by atoms with Crippen LogP contribution >= 0.6 is 11.6 Å². The van der Waals surface area contributed by atoms with Gasteiger partial charge in [-0.2, -0.15) is 0 Å². The van der Waals surface area contributed by atoms with Gasteiger partial charge in [-0.05, 0) is 24.3 Å². The molecule has 0 bridgehead atoms. The third kappa shape index (κ3) is 5.00. The van der Waals surface area contributed by atoms with Crippen molar-refractivity contribution < 1.29 is 9.53 Å². The van der Waals surface area contributed by atoms with Crippen LogP contribution in [0.2, 0.25) is 5.02 Å². The van der Waals surface area contributed by atoms with Crippen molar-refractivity contribution in [1.29, 1.82) is 0 Å². The first kappa shape index (κ1) is 16.8. The Kier molecular flexibility index (Phi) is 5.59. The summed E-state index contributed by atoms with van der Waals surface area (Å²) in [5.41, 5.74) is -1.11. The molecule has 122 valence electrons. The van der Waals surface area contributed by atoms with Crippen molar-refractivity contribution in [3.63, 3.8) is 0 Å². The summed E-state index contributed by atoms with van der Waals surface area (Å²) in [6.07, 6.45) is 1.29. The summed E-state index contributed by atoms with van der Waals surface area (Å²) >= 11 is 5.78. The predicted molar refractivity (Wildman–Crippen MR) is 85.9 cm³/mol. The summed E-state index contributed by atoms with van der Waals surface area (Å²) in [6.45, 7) is 0.525. The van der Waals surface area contributed by atoms with E-state index in [2.05, 4.69) is 4.98 Å². The predicted octanol–water partition coefficient (Wildman–Crippen LogP) is 0.727. The first-order valence-electron chi connectivity index (χ1n) is 6.88. The fraction of sp³-hybridized carbons (Fsp3) is 0.267. The number of likely N-dealkylation sites (N-methyl/N-ethyl adjacent to an activating group) is 1. The number of rotatable bonds is 6. The molecule has 2 aromatic rings. The summed E-state index contributed by atoms with van der Waals surface area (Å²) in [7, 11) is 1.62. The summed E-state index contributed by atoms with van der Waals surface area (Å²) in [4.78, 5) is 38.1. The molecule has 0 unspecified atom stereocenters. The van der Waals surface area contributed by atoms with Gasteiger partial charge in [-0.15, -0.1) is 0 Å². The van der Waals surface area contributed by atoms with Crippen molar-refractivity contribution in [2.75, 3.05) is 20.2 Å². The number of ether oxygens (including phenoxy) is 1. The molecule has 1 N–H and O–H groups in total. The number of aromatic nitrogens is 2. The van der Waals surface area contributed by atoms with Gasteiger partial charge in [0.2, 0.25) is 5.91 Å². The van der Waals surface area contributed by atoms with Crippen molar-refractivity contribution in [3.05, 3.63) is 62.4 Å². The molecule has 1 aromatic carbocycles. The molecule has 0 spiro atoms. The van der Waals surface area contributed by atoms with Crippen LogP contribution in [0, 0.1) is 0 Å². The van der Waals surface area contributed by atoms with Gasteiger partial charge in [0.1, 0.15) is 18.9 Å². The van der Waals surface area contributed by atoms with Crippen LogP contribution in [0.1, 0.15) is 0 Å².